The van der Waals surface area contributed by atoms with E-state index >= 15 is 0 Å². The molecule has 0 saturated carbocycles. The van der Waals surface area contributed by atoms with E-state index in [2.05, 4.69) is 5.32 Å². The molecule has 0 spiro atoms. The number of hydrogen-bond donors (Lipinski definition) is 4. The van der Waals surface area contributed by atoms with E-state index in [0.29, 0.717) is 19.6 Å². The van der Waals surface area contributed by atoms with Gasteiger partial charge in [0.2, 0.25) is 0 Å². The first-order chi connectivity index (χ1) is 8.65. The lowest BCUT2D eigenvalue weighted by atomic mass is 10.2. The molecule has 0 atom stereocenters. The molecule has 102 valence electrons. The maximum atomic E-state index is 10.2. The van der Waals surface area contributed by atoms with Crippen molar-refractivity contribution in [3.63, 3.8) is 0 Å². The van der Waals surface area contributed by atoms with Gasteiger partial charge in [0.05, 0.1) is 18.1 Å². The monoisotopic (exact) mass is 257 g/mol. The van der Waals surface area contributed by atoms with E-state index < -0.39 is 4.92 Å². The van der Waals surface area contributed by atoms with Crippen molar-refractivity contribution in [3.05, 3.63) is 39.9 Å². The van der Waals surface area contributed by atoms with Gasteiger partial charge in [0, 0.05) is 31.8 Å². The van der Waals surface area contributed by atoms with Gasteiger partial charge in [-0.2, -0.15) is 0 Å². The molecule has 18 heavy (non-hydrogen) atoms. The quantitative estimate of drug-likeness (QED) is 0.313. The van der Waals surface area contributed by atoms with Crippen molar-refractivity contribution in [2.24, 2.45) is 5.73 Å². The molecule has 0 fully saturated rings. The molecular weight excluding hydrogens is 238 g/mol. The van der Waals surface area contributed by atoms with Crippen LogP contribution in [0.25, 0.3) is 0 Å². The lowest BCUT2D eigenvalue weighted by Crippen LogP contribution is -2.21. The molecule has 0 aliphatic carbocycles. The molecule has 5 N–H and O–H groups in total. The van der Waals surface area contributed by atoms with Gasteiger partial charge >= 0.3 is 0 Å². The molecule has 0 aliphatic rings. The lowest BCUT2D eigenvalue weighted by Gasteiger charge is -1.94. The normalized spacial score (nSPS) is 9.50. The summed E-state index contributed by atoms with van der Waals surface area (Å²) < 4.78 is 0. The van der Waals surface area contributed by atoms with Crippen molar-refractivity contribution in [2.75, 3.05) is 26.3 Å². The largest absolute Gasteiger partial charge is 0.395 e. The molecule has 0 radical (unpaired) electrons. The van der Waals surface area contributed by atoms with Crippen LogP contribution in [0.3, 0.4) is 0 Å². The maximum Gasteiger partial charge on any atom is 0.269 e. The summed E-state index contributed by atoms with van der Waals surface area (Å²) in [6.45, 7) is 1.83. The van der Waals surface area contributed by atoms with E-state index in [-0.39, 0.29) is 18.9 Å². The van der Waals surface area contributed by atoms with Crippen LogP contribution in [0.15, 0.2) is 24.3 Å². The summed E-state index contributed by atoms with van der Waals surface area (Å²) in [5, 5.41) is 29.3. The topological polar surface area (TPSA) is 122 Å². The SMILES string of the molecule is NCc1ccc([N+](=O)[O-])cc1.OCCNCCO. The van der Waals surface area contributed by atoms with E-state index in [1.54, 1.807) is 12.1 Å². The van der Waals surface area contributed by atoms with Crippen molar-refractivity contribution in [1.29, 1.82) is 0 Å². The molecule has 7 heteroatoms. The Bertz CT molecular complexity index is 326. The van der Waals surface area contributed by atoms with Crippen molar-refractivity contribution in [2.45, 2.75) is 6.54 Å². The Labute approximate surface area is 105 Å². The molecule has 1 aromatic carbocycles. The zero-order valence-corrected chi connectivity index (χ0v) is 10.1. The molecule has 0 bridgehead atoms. The van der Waals surface area contributed by atoms with Crippen LogP contribution in [0.4, 0.5) is 5.69 Å². The summed E-state index contributed by atoms with van der Waals surface area (Å²) in [4.78, 5) is 9.74. The second-order valence-electron chi connectivity index (χ2n) is 3.32. The van der Waals surface area contributed by atoms with Crippen LogP contribution in [0.1, 0.15) is 5.56 Å². The molecule has 0 amide bonds. The third kappa shape index (κ3) is 7.69. The third-order valence-electron chi connectivity index (χ3n) is 1.96. The standard InChI is InChI=1S/C7H8N2O2.C4H11NO2/c8-5-6-1-3-7(4-2-6)9(10)11;6-3-1-5-2-4-7/h1-4H,5,8H2;5-7H,1-4H2. The molecular formula is C11H19N3O4. The van der Waals surface area contributed by atoms with Gasteiger partial charge in [-0.1, -0.05) is 12.1 Å². The number of rotatable bonds is 6. The molecule has 0 unspecified atom stereocenters. The number of nitro groups is 1. The molecule has 1 aromatic rings. The highest BCUT2D eigenvalue weighted by Gasteiger charge is 2.01. The summed E-state index contributed by atoms with van der Waals surface area (Å²) in [7, 11) is 0. The fourth-order valence-electron chi connectivity index (χ4n) is 1.04. The zero-order valence-electron chi connectivity index (χ0n) is 10.1. The van der Waals surface area contributed by atoms with Crippen LogP contribution in [-0.2, 0) is 6.54 Å². The molecule has 0 aromatic heterocycles. The van der Waals surface area contributed by atoms with E-state index in [1.165, 1.54) is 12.1 Å². The Morgan fingerprint density at radius 2 is 1.67 bits per heavy atom. The van der Waals surface area contributed by atoms with Crippen LogP contribution >= 0.6 is 0 Å². The highest BCUT2D eigenvalue weighted by atomic mass is 16.6. The minimum Gasteiger partial charge on any atom is -0.395 e. The Hall–Kier alpha value is -1.54. The number of aliphatic hydroxyl groups excluding tert-OH is 2. The van der Waals surface area contributed by atoms with Crippen molar-refractivity contribution in [1.82, 2.24) is 5.32 Å². The summed E-state index contributed by atoms with van der Waals surface area (Å²) in [5.41, 5.74) is 6.30. The summed E-state index contributed by atoms with van der Waals surface area (Å²) in [6.07, 6.45) is 0. The fourth-order valence-corrected chi connectivity index (χ4v) is 1.04. The van der Waals surface area contributed by atoms with Crippen LogP contribution in [0, 0.1) is 10.1 Å². The van der Waals surface area contributed by atoms with Gasteiger partial charge in [0.1, 0.15) is 0 Å². The smallest absolute Gasteiger partial charge is 0.269 e. The predicted octanol–water partition coefficient (Wildman–Crippen LogP) is -0.386. The van der Waals surface area contributed by atoms with Gasteiger partial charge in [-0.25, -0.2) is 0 Å². The first-order valence-electron chi connectivity index (χ1n) is 5.51. The number of hydrogen-bond acceptors (Lipinski definition) is 6. The maximum absolute atomic E-state index is 10.2. The number of benzene rings is 1. The van der Waals surface area contributed by atoms with Crippen LogP contribution in [0.5, 0.6) is 0 Å². The third-order valence-corrected chi connectivity index (χ3v) is 1.96. The van der Waals surface area contributed by atoms with E-state index in [1.807, 2.05) is 0 Å². The number of nitrogens with one attached hydrogen (secondary N) is 1. The van der Waals surface area contributed by atoms with Crippen molar-refractivity contribution < 1.29 is 15.1 Å². The summed E-state index contributed by atoms with van der Waals surface area (Å²) in [5.74, 6) is 0. The minimum absolute atomic E-state index is 0.0993. The zero-order chi connectivity index (χ0) is 13.8. The molecule has 7 nitrogen and oxygen atoms in total. The van der Waals surface area contributed by atoms with Gasteiger partial charge in [0.25, 0.3) is 5.69 Å². The van der Waals surface area contributed by atoms with Gasteiger partial charge in [0.15, 0.2) is 0 Å². The molecule has 1 rings (SSSR count). The van der Waals surface area contributed by atoms with Gasteiger partial charge in [-0.3, -0.25) is 10.1 Å². The van der Waals surface area contributed by atoms with Crippen LogP contribution < -0.4 is 11.1 Å². The van der Waals surface area contributed by atoms with Gasteiger partial charge < -0.3 is 21.3 Å². The van der Waals surface area contributed by atoms with Crippen molar-refractivity contribution in [3.8, 4) is 0 Å². The first-order valence-corrected chi connectivity index (χ1v) is 5.51. The summed E-state index contributed by atoms with van der Waals surface area (Å²) >= 11 is 0. The Kier molecular flexibility index (Phi) is 9.70. The lowest BCUT2D eigenvalue weighted by molar-refractivity contribution is -0.384. The number of nitro benzene ring substituents is 1. The van der Waals surface area contributed by atoms with Gasteiger partial charge in [-0.15, -0.1) is 0 Å². The summed E-state index contributed by atoms with van der Waals surface area (Å²) in [6, 6.07) is 6.20. The number of nitrogens with two attached hydrogens (primary N) is 1. The molecule has 0 heterocycles. The molecule has 0 saturated heterocycles. The average Bonchev–Trinajstić information content (AvgIpc) is 2.40. The predicted molar refractivity (Wildman–Crippen MR) is 68.0 cm³/mol. The molecule has 0 aliphatic heterocycles. The van der Waals surface area contributed by atoms with E-state index in [4.69, 9.17) is 15.9 Å². The van der Waals surface area contributed by atoms with Gasteiger partial charge in [-0.05, 0) is 5.56 Å². The number of aliphatic hydroxyl groups is 2. The Morgan fingerprint density at radius 3 is 2.00 bits per heavy atom. The highest BCUT2D eigenvalue weighted by molar-refractivity contribution is 5.32. The first kappa shape index (κ1) is 16.5. The minimum atomic E-state index is -0.430. The average molecular weight is 257 g/mol. The van der Waals surface area contributed by atoms with Crippen LogP contribution in [0.2, 0.25) is 0 Å². The van der Waals surface area contributed by atoms with Crippen molar-refractivity contribution >= 4 is 5.69 Å². The highest BCUT2D eigenvalue weighted by Crippen LogP contribution is 2.10. The second-order valence-corrected chi connectivity index (χ2v) is 3.32. The van der Waals surface area contributed by atoms with E-state index in [0.717, 1.165) is 5.56 Å². The fraction of sp³-hybridized carbons (Fsp3) is 0.455. The van der Waals surface area contributed by atoms with Crippen LogP contribution in [-0.4, -0.2) is 41.4 Å². The van der Waals surface area contributed by atoms with E-state index in [9.17, 15) is 10.1 Å². The number of non-ortho nitro benzene ring substituents is 1. The Balaban J connectivity index is 0.000000360. The number of nitrogens with zero attached hydrogens (tertiary/aromatic N) is 1. The second kappa shape index (κ2) is 10.6. The Morgan fingerprint density at radius 1 is 1.17 bits per heavy atom.